The summed E-state index contributed by atoms with van der Waals surface area (Å²) >= 11 is 0. The fourth-order valence-electron chi connectivity index (χ4n) is 3.35. The van der Waals surface area contributed by atoms with Gasteiger partial charge < -0.3 is 21.1 Å². The molecule has 176 valence electrons. The fraction of sp³-hybridized carbons (Fsp3) is 0.192. The molecule has 0 aliphatic carbocycles. The molecule has 0 aliphatic heterocycles. The van der Waals surface area contributed by atoms with Gasteiger partial charge in [0.25, 0.3) is 0 Å². The smallest absolute Gasteiger partial charge is 0.408 e. The van der Waals surface area contributed by atoms with Crippen LogP contribution in [0.2, 0.25) is 0 Å². The highest BCUT2D eigenvalue weighted by Crippen LogP contribution is 2.10. The number of halogens is 1. The minimum absolute atomic E-state index is 0.0313. The molecule has 3 aromatic carbocycles. The molecule has 0 heterocycles. The van der Waals surface area contributed by atoms with Crippen LogP contribution in [0.5, 0.6) is 0 Å². The Hall–Kier alpha value is -4.20. The molecule has 34 heavy (non-hydrogen) atoms. The molecule has 0 saturated carbocycles. The Morgan fingerprint density at radius 2 is 1.35 bits per heavy atom. The van der Waals surface area contributed by atoms with E-state index in [9.17, 15) is 18.8 Å². The highest BCUT2D eigenvalue weighted by atomic mass is 19.1. The van der Waals surface area contributed by atoms with Crippen LogP contribution in [0.15, 0.2) is 84.9 Å². The van der Waals surface area contributed by atoms with Crippen LogP contribution in [0.3, 0.4) is 0 Å². The van der Waals surface area contributed by atoms with E-state index < -0.39 is 35.8 Å². The molecule has 0 bridgehead atoms. The maximum absolute atomic E-state index is 14.1. The third-order valence-electron chi connectivity index (χ3n) is 5.15. The molecule has 3 amide bonds. The van der Waals surface area contributed by atoms with Crippen LogP contribution in [0.1, 0.15) is 16.7 Å². The van der Waals surface area contributed by atoms with Gasteiger partial charge in [0.1, 0.15) is 24.5 Å². The van der Waals surface area contributed by atoms with E-state index in [-0.39, 0.29) is 25.0 Å². The predicted octanol–water partition coefficient (Wildman–Crippen LogP) is 2.88. The lowest BCUT2D eigenvalue weighted by molar-refractivity contribution is -0.128. The predicted molar refractivity (Wildman–Crippen MR) is 125 cm³/mol. The zero-order valence-electron chi connectivity index (χ0n) is 18.4. The number of hydrogen-bond acceptors (Lipinski definition) is 4. The Balaban J connectivity index is 1.70. The van der Waals surface area contributed by atoms with Crippen LogP contribution >= 0.6 is 0 Å². The van der Waals surface area contributed by atoms with Crippen molar-refractivity contribution in [2.45, 2.75) is 31.5 Å². The molecule has 0 radical (unpaired) electrons. The SMILES string of the molecule is NC(=O)[C@H](Cc1ccccc1F)NC(=O)[C@@H](Cc1ccccc1)NC(=O)OCc1ccccc1. The molecular formula is C26H26FN3O4. The largest absolute Gasteiger partial charge is 0.445 e. The maximum Gasteiger partial charge on any atom is 0.408 e. The third kappa shape index (κ3) is 7.44. The number of primary amides is 1. The molecule has 4 N–H and O–H groups in total. The maximum atomic E-state index is 14.1. The number of rotatable bonds is 10. The van der Waals surface area contributed by atoms with Gasteiger partial charge in [0, 0.05) is 12.8 Å². The van der Waals surface area contributed by atoms with Crippen LogP contribution in [0, 0.1) is 5.82 Å². The van der Waals surface area contributed by atoms with E-state index in [1.54, 1.807) is 6.07 Å². The summed E-state index contributed by atoms with van der Waals surface area (Å²) in [6.45, 7) is 0.0313. The minimum Gasteiger partial charge on any atom is -0.445 e. The lowest BCUT2D eigenvalue weighted by Gasteiger charge is -2.22. The van der Waals surface area contributed by atoms with E-state index in [0.29, 0.717) is 0 Å². The first kappa shape index (κ1) is 24.4. The van der Waals surface area contributed by atoms with E-state index in [0.717, 1.165) is 11.1 Å². The first-order valence-corrected chi connectivity index (χ1v) is 10.8. The quantitative estimate of drug-likeness (QED) is 0.429. The number of alkyl carbamates (subject to hydrolysis) is 1. The van der Waals surface area contributed by atoms with Crippen LogP contribution in [0.4, 0.5) is 9.18 Å². The van der Waals surface area contributed by atoms with Crippen molar-refractivity contribution in [1.29, 1.82) is 0 Å². The van der Waals surface area contributed by atoms with Gasteiger partial charge in [-0.3, -0.25) is 9.59 Å². The molecule has 3 aromatic rings. The van der Waals surface area contributed by atoms with Gasteiger partial charge in [-0.25, -0.2) is 9.18 Å². The van der Waals surface area contributed by atoms with Gasteiger partial charge in [-0.2, -0.15) is 0 Å². The topological polar surface area (TPSA) is 111 Å². The van der Waals surface area contributed by atoms with Crippen molar-refractivity contribution in [3.05, 3.63) is 107 Å². The molecule has 7 nitrogen and oxygen atoms in total. The van der Waals surface area contributed by atoms with Crippen molar-refractivity contribution < 1.29 is 23.5 Å². The monoisotopic (exact) mass is 463 g/mol. The highest BCUT2D eigenvalue weighted by Gasteiger charge is 2.27. The van der Waals surface area contributed by atoms with Crippen molar-refractivity contribution in [3.8, 4) is 0 Å². The number of ether oxygens (including phenoxy) is 1. The van der Waals surface area contributed by atoms with E-state index in [1.807, 2.05) is 60.7 Å². The lowest BCUT2D eigenvalue weighted by atomic mass is 10.0. The van der Waals surface area contributed by atoms with E-state index in [4.69, 9.17) is 10.5 Å². The summed E-state index contributed by atoms with van der Waals surface area (Å²) in [6, 6.07) is 21.9. The fourth-order valence-corrected chi connectivity index (χ4v) is 3.35. The van der Waals surface area contributed by atoms with Crippen molar-refractivity contribution in [1.82, 2.24) is 10.6 Å². The Labute approximate surface area is 197 Å². The summed E-state index contributed by atoms with van der Waals surface area (Å²) in [7, 11) is 0. The van der Waals surface area contributed by atoms with Crippen LogP contribution in [-0.4, -0.2) is 30.0 Å². The summed E-state index contributed by atoms with van der Waals surface area (Å²) in [5.74, 6) is -1.96. The van der Waals surface area contributed by atoms with Gasteiger partial charge >= 0.3 is 6.09 Å². The lowest BCUT2D eigenvalue weighted by Crippen LogP contribution is -2.54. The molecule has 0 aliphatic rings. The molecule has 3 rings (SSSR count). The average molecular weight is 464 g/mol. The highest BCUT2D eigenvalue weighted by molar-refractivity contribution is 5.91. The summed E-state index contributed by atoms with van der Waals surface area (Å²) in [6.07, 6.45) is -0.757. The second-order valence-corrected chi connectivity index (χ2v) is 7.71. The summed E-state index contributed by atoms with van der Waals surface area (Å²) < 4.78 is 19.3. The average Bonchev–Trinajstić information content (AvgIpc) is 2.84. The molecular weight excluding hydrogens is 437 g/mol. The molecule has 0 aromatic heterocycles. The second kappa shape index (κ2) is 12.2. The van der Waals surface area contributed by atoms with E-state index >= 15 is 0 Å². The third-order valence-corrected chi connectivity index (χ3v) is 5.15. The molecule has 0 fully saturated rings. The minimum atomic E-state index is -1.16. The standard InChI is InChI=1S/C26H26FN3O4/c27-21-14-8-7-13-20(21)16-22(24(28)31)29-25(32)23(15-18-9-3-1-4-10-18)30-26(33)34-17-19-11-5-2-6-12-19/h1-14,22-23H,15-17H2,(H2,28,31)(H,29,32)(H,30,33)/t22-,23+/m0/s1. The molecule has 0 spiro atoms. The van der Waals surface area contributed by atoms with Crippen LogP contribution < -0.4 is 16.4 Å². The normalized spacial score (nSPS) is 12.3. The van der Waals surface area contributed by atoms with Crippen molar-refractivity contribution in [2.24, 2.45) is 5.73 Å². The van der Waals surface area contributed by atoms with Gasteiger partial charge in [-0.05, 0) is 22.8 Å². The Morgan fingerprint density at radius 3 is 1.97 bits per heavy atom. The van der Waals surface area contributed by atoms with Crippen molar-refractivity contribution >= 4 is 17.9 Å². The van der Waals surface area contributed by atoms with Gasteiger partial charge in [-0.15, -0.1) is 0 Å². The number of carbonyl (C=O) groups is 3. The second-order valence-electron chi connectivity index (χ2n) is 7.71. The number of nitrogens with two attached hydrogens (primary N) is 1. The molecule has 0 saturated heterocycles. The Kier molecular flexibility index (Phi) is 8.73. The van der Waals surface area contributed by atoms with Gasteiger partial charge in [0.15, 0.2) is 0 Å². The first-order valence-electron chi connectivity index (χ1n) is 10.8. The van der Waals surface area contributed by atoms with Crippen LogP contribution in [0.25, 0.3) is 0 Å². The molecule has 2 atom stereocenters. The number of nitrogens with one attached hydrogen (secondary N) is 2. The first-order chi connectivity index (χ1) is 16.4. The molecule has 0 unspecified atom stereocenters. The summed E-state index contributed by atoms with van der Waals surface area (Å²) in [5.41, 5.74) is 7.28. The van der Waals surface area contributed by atoms with Gasteiger partial charge in [0.2, 0.25) is 11.8 Å². The number of benzene rings is 3. The summed E-state index contributed by atoms with van der Waals surface area (Å²) in [4.78, 5) is 37.5. The van der Waals surface area contributed by atoms with Gasteiger partial charge in [-0.1, -0.05) is 78.9 Å². The number of carbonyl (C=O) groups excluding carboxylic acids is 3. The van der Waals surface area contributed by atoms with E-state index in [2.05, 4.69) is 10.6 Å². The molecule has 8 heteroatoms. The number of hydrogen-bond donors (Lipinski definition) is 3. The Morgan fingerprint density at radius 1 is 0.765 bits per heavy atom. The van der Waals surface area contributed by atoms with Crippen molar-refractivity contribution in [2.75, 3.05) is 0 Å². The van der Waals surface area contributed by atoms with Gasteiger partial charge in [0.05, 0.1) is 0 Å². The van der Waals surface area contributed by atoms with E-state index in [1.165, 1.54) is 18.2 Å². The Bertz CT molecular complexity index is 1110. The van der Waals surface area contributed by atoms with Crippen molar-refractivity contribution in [3.63, 3.8) is 0 Å². The zero-order valence-corrected chi connectivity index (χ0v) is 18.4. The summed E-state index contributed by atoms with van der Waals surface area (Å²) in [5, 5.41) is 5.10. The zero-order chi connectivity index (χ0) is 24.3. The number of amides is 3. The van der Waals surface area contributed by atoms with Crippen LogP contribution in [-0.2, 0) is 33.8 Å².